The number of aryl methyl sites for hydroxylation is 1. The van der Waals surface area contributed by atoms with E-state index in [2.05, 4.69) is 15.6 Å². The number of amides is 2. The van der Waals surface area contributed by atoms with Gasteiger partial charge in [-0.05, 0) is 50.6 Å². The van der Waals surface area contributed by atoms with Gasteiger partial charge in [0, 0.05) is 42.2 Å². The number of H-pyrrole nitrogens is 1. The molecule has 8 nitrogen and oxygen atoms in total. The number of carbonyl (C=O) groups excluding carboxylic acids is 2. The summed E-state index contributed by atoms with van der Waals surface area (Å²) in [7, 11) is 0. The van der Waals surface area contributed by atoms with Crippen LogP contribution in [-0.2, 0) is 14.3 Å². The number of ether oxygens (including phenoxy) is 1. The summed E-state index contributed by atoms with van der Waals surface area (Å²) in [4.78, 5) is 39.3. The predicted molar refractivity (Wildman–Crippen MR) is 113 cm³/mol. The van der Waals surface area contributed by atoms with Crippen molar-refractivity contribution < 1.29 is 28.6 Å². The number of hydrogen-bond acceptors (Lipinski definition) is 4. The van der Waals surface area contributed by atoms with Crippen molar-refractivity contribution in [2.24, 2.45) is 0 Å². The Bertz CT molecular complexity index is 1070. The maximum absolute atomic E-state index is 13.7. The van der Waals surface area contributed by atoms with Gasteiger partial charge in [-0.1, -0.05) is 0 Å². The molecule has 1 aromatic heterocycles. The van der Waals surface area contributed by atoms with E-state index in [1.807, 2.05) is 0 Å². The minimum atomic E-state index is -1.08. The summed E-state index contributed by atoms with van der Waals surface area (Å²) in [5.41, 5.74) is 3.47. The van der Waals surface area contributed by atoms with Gasteiger partial charge < -0.3 is 25.5 Å². The molecule has 1 aliphatic heterocycles. The van der Waals surface area contributed by atoms with Crippen molar-refractivity contribution in [3.63, 3.8) is 0 Å². The summed E-state index contributed by atoms with van der Waals surface area (Å²) >= 11 is 0. The molecule has 1 unspecified atom stereocenters. The summed E-state index contributed by atoms with van der Waals surface area (Å²) in [6.07, 6.45) is 0.743. The Morgan fingerprint density at radius 1 is 1.32 bits per heavy atom. The molecule has 0 bridgehead atoms. The summed E-state index contributed by atoms with van der Waals surface area (Å²) in [6, 6.07) is 4.06. The van der Waals surface area contributed by atoms with E-state index in [9.17, 15) is 18.8 Å². The third kappa shape index (κ3) is 4.66. The number of nitrogens with one attached hydrogen (secondary N) is 3. The zero-order chi connectivity index (χ0) is 22.7. The fourth-order valence-electron chi connectivity index (χ4n) is 3.59. The second-order valence-corrected chi connectivity index (χ2v) is 7.19. The lowest BCUT2D eigenvalue weighted by Crippen LogP contribution is -2.32. The quantitative estimate of drug-likeness (QED) is 0.481. The minimum Gasteiger partial charge on any atom is -0.479 e. The fraction of sp³-hybridized carbons (Fsp3) is 0.318. The first-order valence-corrected chi connectivity index (χ1v) is 9.87. The Labute approximate surface area is 178 Å². The Balaban J connectivity index is 1.79. The van der Waals surface area contributed by atoms with Crippen LogP contribution in [0.3, 0.4) is 0 Å². The van der Waals surface area contributed by atoms with Gasteiger partial charge in [0.1, 0.15) is 5.82 Å². The highest BCUT2D eigenvalue weighted by Crippen LogP contribution is 2.34. The number of carboxylic acid groups (broad SMARTS) is 1. The molecule has 3 rings (SSSR count). The number of benzene rings is 1. The van der Waals surface area contributed by atoms with Crippen LogP contribution < -0.4 is 10.6 Å². The van der Waals surface area contributed by atoms with Gasteiger partial charge in [-0.3, -0.25) is 9.59 Å². The highest BCUT2D eigenvalue weighted by atomic mass is 19.1. The van der Waals surface area contributed by atoms with E-state index in [1.54, 1.807) is 26.8 Å². The zero-order valence-corrected chi connectivity index (χ0v) is 17.5. The van der Waals surface area contributed by atoms with E-state index in [0.717, 1.165) is 0 Å². The highest BCUT2D eigenvalue weighted by Gasteiger charge is 2.26. The van der Waals surface area contributed by atoms with Crippen LogP contribution in [0.2, 0.25) is 0 Å². The molecule has 0 saturated carbocycles. The van der Waals surface area contributed by atoms with Crippen LogP contribution in [0, 0.1) is 19.7 Å². The van der Waals surface area contributed by atoms with E-state index in [0.29, 0.717) is 39.3 Å². The van der Waals surface area contributed by atoms with Crippen LogP contribution >= 0.6 is 0 Å². The number of anilines is 1. The van der Waals surface area contributed by atoms with E-state index in [4.69, 9.17) is 9.84 Å². The van der Waals surface area contributed by atoms with Gasteiger partial charge in [0.05, 0.1) is 11.1 Å². The Morgan fingerprint density at radius 3 is 2.74 bits per heavy atom. The van der Waals surface area contributed by atoms with Crippen molar-refractivity contribution in [2.45, 2.75) is 33.3 Å². The molecular weight excluding hydrogens is 405 g/mol. The van der Waals surface area contributed by atoms with Gasteiger partial charge in [0.25, 0.3) is 11.8 Å². The molecule has 0 aliphatic carbocycles. The fourth-order valence-corrected chi connectivity index (χ4v) is 3.59. The molecule has 1 atom stereocenters. The summed E-state index contributed by atoms with van der Waals surface area (Å²) in [6.45, 7) is 5.57. The average molecular weight is 429 g/mol. The lowest BCUT2D eigenvalue weighted by molar-refractivity contribution is -0.150. The monoisotopic (exact) mass is 429 g/mol. The maximum atomic E-state index is 13.7. The predicted octanol–water partition coefficient (Wildman–Crippen LogP) is 2.87. The van der Waals surface area contributed by atoms with Gasteiger partial charge in [-0.2, -0.15) is 0 Å². The highest BCUT2D eigenvalue weighted by molar-refractivity contribution is 6.34. The van der Waals surface area contributed by atoms with E-state index < -0.39 is 17.9 Å². The SMILES string of the molecule is CCOC(CCNC(=O)c1c(C)[nH]c(/C=C2\C(=O)Nc3ccc(F)cc32)c1C)C(=O)O. The number of hydrogen-bond donors (Lipinski definition) is 4. The summed E-state index contributed by atoms with van der Waals surface area (Å²) in [5.74, 6) is -2.24. The first-order chi connectivity index (χ1) is 14.7. The van der Waals surface area contributed by atoms with E-state index >= 15 is 0 Å². The largest absolute Gasteiger partial charge is 0.479 e. The van der Waals surface area contributed by atoms with E-state index in [-0.39, 0.29) is 31.4 Å². The van der Waals surface area contributed by atoms with E-state index in [1.165, 1.54) is 18.2 Å². The molecule has 4 N–H and O–H groups in total. The molecule has 0 radical (unpaired) electrons. The second-order valence-electron chi connectivity index (χ2n) is 7.19. The molecule has 2 amide bonds. The number of halogens is 1. The summed E-state index contributed by atoms with van der Waals surface area (Å²) < 4.78 is 18.8. The van der Waals surface area contributed by atoms with Crippen molar-refractivity contribution >= 4 is 35.1 Å². The van der Waals surface area contributed by atoms with Crippen molar-refractivity contribution in [1.82, 2.24) is 10.3 Å². The molecule has 0 saturated heterocycles. The first-order valence-electron chi connectivity index (χ1n) is 9.87. The Morgan fingerprint density at radius 2 is 2.06 bits per heavy atom. The van der Waals surface area contributed by atoms with Crippen LogP contribution in [0.25, 0.3) is 11.6 Å². The number of fused-ring (bicyclic) bond motifs is 1. The minimum absolute atomic E-state index is 0.130. The molecule has 9 heteroatoms. The molecular formula is C22H24FN3O5. The Kier molecular flexibility index (Phi) is 6.55. The molecule has 0 fully saturated rings. The van der Waals surface area contributed by atoms with Crippen molar-refractivity contribution in [1.29, 1.82) is 0 Å². The van der Waals surface area contributed by atoms with Crippen LogP contribution in [0.5, 0.6) is 0 Å². The van der Waals surface area contributed by atoms with Gasteiger partial charge in [0.2, 0.25) is 0 Å². The van der Waals surface area contributed by atoms with Crippen LogP contribution in [0.1, 0.15) is 46.2 Å². The third-order valence-electron chi connectivity index (χ3n) is 5.09. The van der Waals surface area contributed by atoms with Gasteiger partial charge in [0.15, 0.2) is 6.10 Å². The van der Waals surface area contributed by atoms with Crippen LogP contribution in [0.15, 0.2) is 18.2 Å². The number of carboxylic acids is 1. The summed E-state index contributed by atoms with van der Waals surface area (Å²) in [5, 5.41) is 14.5. The number of carbonyl (C=O) groups is 3. The van der Waals surface area contributed by atoms with Crippen molar-refractivity contribution in [3.05, 3.63) is 52.1 Å². The topological polar surface area (TPSA) is 121 Å². The van der Waals surface area contributed by atoms with Crippen molar-refractivity contribution in [3.8, 4) is 0 Å². The lowest BCUT2D eigenvalue weighted by Gasteiger charge is -2.13. The Hall–Kier alpha value is -3.46. The normalized spacial score (nSPS) is 15.0. The van der Waals surface area contributed by atoms with Crippen LogP contribution in [-0.4, -0.2) is 47.1 Å². The number of aliphatic carboxylic acids is 1. The van der Waals surface area contributed by atoms with Crippen LogP contribution in [0.4, 0.5) is 10.1 Å². The molecule has 2 aromatic rings. The zero-order valence-electron chi connectivity index (χ0n) is 17.5. The second kappa shape index (κ2) is 9.13. The average Bonchev–Trinajstić information content (AvgIpc) is 3.16. The maximum Gasteiger partial charge on any atom is 0.332 e. The van der Waals surface area contributed by atoms with Gasteiger partial charge in [-0.25, -0.2) is 9.18 Å². The van der Waals surface area contributed by atoms with Gasteiger partial charge >= 0.3 is 5.97 Å². The standard InChI is InChI=1S/C22H24FN3O5/c1-4-31-18(22(29)30)7-8-24-21(28)19-11(2)17(25-12(19)3)10-15-14-9-13(23)5-6-16(14)26-20(15)27/h5-6,9-10,18,25H,4,7-8H2,1-3H3,(H,24,28)(H,26,27)(H,29,30)/b15-10-. The van der Waals surface area contributed by atoms with Gasteiger partial charge in [-0.15, -0.1) is 0 Å². The first kappa shape index (κ1) is 22.2. The molecule has 0 spiro atoms. The number of aromatic nitrogens is 1. The lowest BCUT2D eigenvalue weighted by atomic mass is 10.0. The van der Waals surface area contributed by atoms with Crippen molar-refractivity contribution in [2.75, 3.05) is 18.5 Å². The number of aromatic amines is 1. The molecule has 1 aliphatic rings. The third-order valence-corrected chi connectivity index (χ3v) is 5.09. The molecule has 2 heterocycles. The number of rotatable bonds is 8. The molecule has 164 valence electrons. The smallest absolute Gasteiger partial charge is 0.332 e. The molecule has 1 aromatic carbocycles. The molecule has 31 heavy (non-hydrogen) atoms.